The van der Waals surface area contributed by atoms with Crippen molar-refractivity contribution in [3.8, 4) is 11.5 Å². The minimum atomic E-state index is 0.534. The number of hydrogen-bond donors (Lipinski definition) is 1. The van der Waals surface area contributed by atoms with Crippen LogP contribution in [0.2, 0.25) is 0 Å². The van der Waals surface area contributed by atoms with Gasteiger partial charge in [0.05, 0.1) is 7.11 Å². The van der Waals surface area contributed by atoms with Crippen molar-refractivity contribution in [3.05, 3.63) is 59.2 Å². The molecule has 0 fully saturated rings. The Balaban J connectivity index is 2.08. The van der Waals surface area contributed by atoms with E-state index in [4.69, 9.17) is 15.2 Å². The molecule has 0 aliphatic rings. The summed E-state index contributed by atoms with van der Waals surface area (Å²) >= 11 is 0. The van der Waals surface area contributed by atoms with E-state index in [1.54, 1.807) is 7.11 Å². The fourth-order valence-electron chi connectivity index (χ4n) is 2.19. The highest BCUT2D eigenvalue weighted by Crippen LogP contribution is 2.29. The van der Waals surface area contributed by atoms with Gasteiger partial charge in [-0.25, -0.2) is 0 Å². The lowest BCUT2D eigenvalue weighted by Crippen LogP contribution is -2.04. The lowest BCUT2D eigenvalue weighted by Gasteiger charge is -2.12. The Kier molecular flexibility index (Phi) is 5.64. The van der Waals surface area contributed by atoms with Crippen LogP contribution in [0.1, 0.15) is 23.6 Å². The van der Waals surface area contributed by atoms with E-state index in [9.17, 15) is 0 Å². The molecule has 0 heterocycles. The Hall–Kier alpha value is -2.00. The molecule has 2 N–H and O–H groups in total. The van der Waals surface area contributed by atoms with Gasteiger partial charge >= 0.3 is 0 Å². The van der Waals surface area contributed by atoms with Crippen molar-refractivity contribution in [2.45, 2.75) is 26.4 Å². The molecule has 2 rings (SSSR count). The molecule has 0 radical (unpaired) electrons. The van der Waals surface area contributed by atoms with E-state index in [-0.39, 0.29) is 0 Å². The van der Waals surface area contributed by atoms with Gasteiger partial charge in [0.1, 0.15) is 6.61 Å². The fourth-order valence-corrected chi connectivity index (χ4v) is 2.19. The van der Waals surface area contributed by atoms with E-state index in [0.29, 0.717) is 13.2 Å². The van der Waals surface area contributed by atoms with Crippen LogP contribution in [-0.4, -0.2) is 13.7 Å². The maximum Gasteiger partial charge on any atom is 0.161 e. The number of methoxy groups -OCH3 is 1. The minimum absolute atomic E-state index is 0.534. The van der Waals surface area contributed by atoms with Crippen molar-refractivity contribution in [1.29, 1.82) is 0 Å². The van der Waals surface area contributed by atoms with Gasteiger partial charge in [-0.15, -0.1) is 0 Å². The maximum atomic E-state index is 5.91. The molecule has 3 heteroatoms. The number of rotatable bonds is 7. The molecule has 0 aromatic heterocycles. The van der Waals surface area contributed by atoms with Crippen LogP contribution in [0.25, 0.3) is 0 Å². The molecular formula is C18H23NO2. The summed E-state index contributed by atoms with van der Waals surface area (Å²) in [6, 6.07) is 14.5. The van der Waals surface area contributed by atoms with Crippen LogP contribution < -0.4 is 15.2 Å². The van der Waals surface area contributed by atoms with E-state index in [0.717, 1.165) is 35.5 Å². The van der Waals surface area contributed by atoms with Crippen LogP contribution >= 0.6 is 0 Å². The largest absolute Gasteiger partial charge is 0.493 e. The van der Waals surface area contributed by atoms with Gasteiger partial charge in [-0.3, -0.25) is 0 Å². The molecule has 0 unspecified atom stereocenters. The normalized spacial score (nSPS) is 10.4. The molecule has 0 atom stereocenters. The summed E-state index contributed by atoms with van der Waals surface area (Å²) in [6.07, 6.45) is 1.89. The Morgan fingerprint density at radius 3 is 2.19 bits per heavy atom. The molecule has 0 saturated heterocycles. The minimum Gasteiger partial charge on any atom is -0.493 e. The maximum absolute atomic E-state index is 5.91. The second-order valence-electron chi connectivity index (χ2n) is 4.98. The van der Waals surface area contributed by atoms with Gasteiger partial charge in [-0.05, 0) is 48.2 Å². The molecule has 2 aromatic rings. The molecular weight excluding hydrogens is 262 g/mol. The molecule has 21 heavy (non-hydrogen) atoms. The molecule has 2 aromatic carbocycles. The first-order valence-electron chi connectivity index (χ1n) is 7.34. The first-order valence-corrected chi connectivity index (χ1v) is 7.34. The van der Waals surface area contributed by atoms with Crippen LogP contribution in [0, 0.1) is 0 Å². The highest BCUT2D eigenvalue weighted by Gasteiger charge is 2.06. The van der Waals surface area contributed by atoms with Gasteiger partial charge in [-0.2, -0.15) is 0 Å². The number of aryl methyl sites for hydroxylation is 1. The van der Waals surface area contributed by atoms with Crippen molar-refractivity contribution in [2.24, 2.45) is 5.73 Å². The smallest absolute Gasteiger partial charge is 0.161 e. The fraction of sp³-hybridized carbons (Fsp3) is 0.333. The highest BCUT2D eigenvalue weighted by molar-refractivity contribution is 5.43. The van der Waals surface area contributed by atoms with Crippen molar-refractivity contribution in [2.75, 3.05) is 13.7 Å². The van der Waals surface area contributed by atoms with E-state index < -0.39 is 0 Å². The predicted octanol–water partition coefficient (Wildman–Crippen LogP) is 3.34. The Morgan fingerprint density at radius 2 is 1.57 bits per heavy atom. The van der Waals surface area contributed by atoms with Gasteiger partial charge in [0.25, 0.3) is 0 Å². The lowest BCUT2D eigenvalue weighted by molar-refractivity contribution is 0.284. The highest BCUT2D eigenvalue weighted by atomic mass is 16.5. The molecule has 3 nitrogen and oxygen atoms in total. The third kappa shape index (κ3) is 4.23. The van der Waals surface area contributed by atoms with Crippen LogP contribution in [0.15, 0.2) is 42.5 Å². The topological polar surface area (TPSA) is 44.5 Å². The summed E-state index contributed by atoms with van der Waals surface area (Å²) in [7, 11) is 1.65. The summed E-state index contributed by atoms with van der Waals surface area (Å²) in [5, 5.41) is 0. The third-order valence-corrected chi connectivity index (χ3v) is 3.49. The summed E-state index contributed by atoms with van der Waals surface area (Å²) in [6.45, 7) is 3.32. The standard InChI is InChI=1S/C18H23NO2/c1-3-14-4-6-16(7-5-14)13-21-18-12-15(10-11-19)8-9-17(18)20-2/h4-9,12H,3,10-11,13,19H2,1-2H3. The Labute approximate surface area is 126 Å². The number of hydrogen-bond acceptors (Lipinski definition) is 3. The molecule has 0 aliphatic carbocycles. The average Bonchev–Trinajstić information content (AvgIpc) is 2.54. The Bertz CT molecular complexity index is 564. The van der Waals surface area contributed by atoms with E-state index in [1.165, 1.54) is 5.56 Å². The van der Waals surface area contributed by atoms with Gasteiger partial charge in [0, 0.05) is 0 Å². The number of benzene rings is 2. The Morgan fingerprint density at radius 1 is 0.905 bits per heavy atom. The second kappa shape index (κ2) is 7.70. The average molecular weight is 285 g/mol. The first-order chi connectivity index (χ1) is 10.3. The number of nitrogens with two attached hydrogens (primary N) is 1. The van der Waals surface area contributed by atoms with Crippen LogP contribution in [0.4, 0.5) is 0 Å². The zero-order valence-corrected chi connectivity index (χ0v) is 12.8. The van der Waals surface area contributed by atoms with E-state index >= 15 is 0 Å². The SMILES string of the molecule is CCc1ccc(COc2cc(CCN)ccc2OC)cc1. The van der Waals surface area contributed by atoms with Crippen molar-refractivity contribution in [1.82, 2.24) is 0 Å². The van der Waals surface area contributed by atoms with Crippen molar-refractivity contribution >= 4 is 0 Å². The summed E-state index contributed by atoms with van der Waals surface area (Å²) in [5.41, 5.74) is 9.25. The summed E-state index contributed by atoms with van der Waals surface area (Å²) in [5.74, 6) is 1.52. The molecule has 112 valence electrons. The first kappa shape index (κ1) is 15.4. The summed E-state index contributed by atoms with van der Waals surface area (Å²) in [4.78, 5) is 0. The van der Waals surface area contributed by atoms with Crippen molar-refractivity contribution < 1.29 is 9.47 Å². The van der Waals surface area contributed by atoms with Gasteiger partial charge in [0.2, 0.25) is 0 Å². The van der Waals surface area contributed by atoms with Crippen molar-refractivity contribution in [3.63, 3.8) is 0 Å². The zero-order valence-electron chi connectivity index (χ0n) is 12.8. The van der Waals surface area contributed by atoms with Gasteiger partial charge < -0.3 is 15.2 Å². The predicted molar refractivity (Wildman–Crippen MR) is 85.9 cm³/mol. The van der Waals surface area contributed by atoms with Gasteiger partial charge in [0.15, 0.2) is 11.5 Å². The quantitative estimate of drug-likeness (QED) is 0.848. The van der Waals surface area contributed by atoms with E-state index in [2.05, 4.69) is 31.2 Å². The molecule has 0 aliphatic heterocycles. The summed E-state index contributed by atoms with van der Waals surface area (Å²) < 4.78 is 11.3. The molecule has 0 amide bonds. The van der Waals surface area contributed by atoms with Gasteiger partial charge in [-0.1, -0.05) is 37.3 Å². The van der Waals surface area contributed by atoms with E-state index in [1.807, 2.05) is 18.2 Å². The molecule has 0 saturated carbocycles. The van der Waals surface area contributed by atoms with Crippen LogP contribution in [0.5, 0.6) is 11.5 Å². The molecule has 0 spiro atoms. The number of ether oxygens (including phenoxy) is 2. The zero-order chi connectivity index (χ0) is 15.1. The third-order valence-electron chi connectivity index (χ3n) is 3.49. The van der Waals surface area contributed by atoms with Crippen LogP contribution in [0.3, 0.4) is 0 Å². The second-order valence-corrected chi connectivity index (χ2v) is 4.98. The van der Waals surface area contributed by atoms with Crippen LogP contribution in [-0.2, 0) is 19.4 Å². The monoisotopic (exact) mass is 285 g/mol. The molecule has 0 bridgehead atoms. The lowest BCUT2D eigenvalue weighted by atomic mass is 10.1.